The average Bonchev–Trinajstić information content (AvgIpc) is 2.38. The molecule has 7 nitrogen and oxygen atoms in total. The number of urea groups is 1. The van der Waals surface area contributed by atoms with Gasteiger partial charge in [-0.05, 0) is 0 Å². The topological polar surface area (TPSA) is 90.3 Å². The molecule has 1 saturated heterocycles. The van der Waals surface area contributed by atoms with Gasteiger partial charge in [0.05, 0.1) is 19.8 Å². The standard InChI is InChI=1S/C11H18N2O5/c1-2-3-12(4-6-14)11(17)13-5-7-18-9(8-13)10(15)16/h2,9,14H,1,3-8H2,(H,15,16). The first kappa shape index (κ1) is 14.5. The Bertz CT molecular complexity index is 321. The third-order valence-electron chi connectivity index (χ3n) is 2.60. The summed E-state index contributed by atoms with van der Waals surface area (Å²) in [5.74, 6) is -1.08. The second-order valence-electron chi connectivity index (χ2n) is 3.88. The molecule has 1 atom stereocenters. The number of carbonyl (C=O) groups excluding carboxylic acids is 1. The maximum absolute atomic E-state index is 12.1. The number of carboxylic acids is 1. The van der Waals surface area contributed by atoms with E-state index >= 15 is 0 Å². The van der Waals surface area contributed by atoms with E-state index in [1.807, 2.05) is 0 Å². The Hall–Kier alpha value is -1.60. The highest BCUT2D eigenvalue weighted by Crippen LogP contribution is 2.08. The van der Waals surface area contributed by atoms with Crippen LogP contribution < -0.4 is 0 Å². The van der Waals surface area contributed by atoms with Crippen LogP contribution in [0.2, 0.25) is 0 Å². The molecule has 0 aliphatic carbocycles. The van der Waals surface area contributed by atoms with Crippen LogP contribution in [-0.4, -0.2) is 77.5 Å². The molecule has 2 amide bonds. The second kappa shape index (κ2) is 6.97. The van der Waals surface area contributed by atoms with E-state index in [4.69, 9.17) is 14.9 Å². The number of ether oxygens (including phenoxy) is 1. The van der Waals surface area contributed by atoms with Gasteiger partial charge in [0.2, 0.25) is 0 Å². The highest BCUT2D eigenvalue weighted by Gasteiger charge is 2.30. The van der Waals surface area contributed by atoms with Gasteiger partial charge in [0.1, 0.15) is 0 Å². The Morgan fingerprint density at radius 3 is 2.83 bits per heavy atom. The summed E-state index contributed by atoms with van der Waals surface area (Å²) in [5, 5.41) is 17.7. The highest BCUT2D eigenvalue weighted by molar-refractivity contribution is 5.77. The summed E-state index contributed by atoms with van der Waals surface area (Å²) < 4.78 is 5.04. The van der Waals surface area contributed by atoms with Crippen molar-refractivity contribution in [1.29, 1.82) is 0 Å². The smallest absolute Gasteiger partial charge is 0.334 e. The van der Waals surface area contributed by atoms with Crippen LogP contribution in [0.25, 0.3) is 0 Å². The lowest BCUT2D eigenvalue weighted by Gasteiger charge is -2.34. The van der Waals surface area contributed by atoms with E-state index in [0.29, 0.717) is 13.1 Å². The van der Waals surface area contributed by atoms with E-state index in [1.54, 1.807) is 6.08 Å². The molecule has 1 heterocycles. The van der Waals surface area contributed by atoms with Crippen LogP contribution in [0.1, 0.15) is 0 Å². The molecule has 0 aromatic carbocycles. The number of aliphatic hydroxyl groups excluding tert-OH is 1. The monoisotopic (exact) mass is 258 g/mol. The largest absolute Gasteiger partial charge is 0.479 e. The number of aliphatic hydroxyl groups is 1. The Morgan fingerprint density at radius 1 is 1.56 bits per heavy atom. The molecule has 0 spiro atoms. The van der Waals surface area contributed by atoms with E-state index in [-0.39, 0.29) is 32.3 Å². The minimum atomic E-state index is -1.08. The van der Waals surface area contributed by atoms with Gasteiger partial charge in [-0.25, -0.2) is 9.59 Å². The quantitative estimate of drug-likeness (QED) is 0.641. The van der Waals surface area contributed by atoms with Crippen molar-refractivity contribution in [3.63, 3.8) is 0 Å². The van der Waals surface area contributed by atoms with Crippen molar-refractivity contribution in [2.75, 3.05) is 39.4 Å². The fourth-order valence-electron chi connectivity index (χ4n) is 1.71. The number of hydrogen-bond acceptors (Lipinski definition) is 4. The van der Waals surface area contributed by atoms with Gasteiger partial charge in [-0.1, -0.05) is 6.08 Å². The molecule has 0 bridgehead atoms. The first-order chi connectivity index (χ1) is 8.60. The van der Waals surface area contributed by atoms with Crippen molar-refractivity contribution in [3.8, 4) is 0 Å². The first-order valence-corrected chi connectivity index (χ1v) is 5.70. The molecule has 1 rings (SSSR count). The van der Waals surface area contributed by atoms with Crippen LogP contribution >= 0.6 is 0 Å². The number of carboxylic acid groups (broad SMARTS) is 1. The molecule has 0 aromatic heterocycles. The maximum atomic E-state index is 12.1. The fourth-order valence-corrected chi connectivity index (χ4v) is 1.71. The summed E-state index contributed by atoms with van der Waals surface area (Å²) in [6.45, 7) is 4.47. The lowest BCUT2D eigenvalue weighted by molar-refractivity contribution is -0.154. The number of rotatable bonds is 5. The van der Waals surface area contributed by atoms with E-state index < -0.39 is 12.1 Å². The maximum Gasteiger partial charge on any atom is 0.334 e. The lowest BCUT2D eigenvalue weighted by atomic mass is 10.3. The van der Waals surface area contributed by atoms with Crippen molar-refractivity contribution < 1.29 is 24.5 Å². The molecule has 0 radical (unpaired) electrons. The molecule has 18 heavy (non-hydrogen) atoms. The zero-order valence-electron chi connectivity index (χ0n) is 10.1. The van der Waals surface area contributed by atoms with Crippen LogP contribution in [0.3, 0.4) is 0 Å². The van der Waals surface area contributed by atoms with E-state index in [9.17, 15) is 9.59 Å². The van der Waals surface area contributed by atoms with E-state index in [0.717, 1.165) is 0 Å². The second-order valence-corrected chi connectivity index (χ2v) is 3.88. The first-order valence-electron chi connectivity index (χ1n) is 5.70. The number of aliphatic carboxylic acids is 1. The Labute approximate surface area is 105 Å². The zero-order valence-corrected chi connectivity index (χ0v) is 10.1. The fraction of sp³-hybridized carbons (Fsp3) is 0.636. The summed E-state index contributed by atoms with van der Waals surface area (Å²) in [6, 6.07) is -0.307. The molecule has 1 aliphatic rings. The van der Waals surface area contributed by atoms with Crippen LogP contribution in [0, 0.1) is 0 Å². The van der Waals surface area contributed by atoms with Gasteiger partial charge in [-0.3, -0.25) is 0 Å². The zero-order chi connectivity index (χ0) is 13.5. The van der Waals surface area contributed by atoms with Gasteiger partial charge in [-0.2, -0.15) is 0 Å². The van der Waals surface area contributed by atoms with Gasteiger partial charge in [-0.15, -0.1) is 6.58 Å². The van der Waals surface area contributed by atoms with Crippen molar-refractivity contribution in [2.45, 2.75) is 6.10 Å². The van der Waals surface area contributed by atoms with Gasteiger partial charge in [0, 0.05) is 19.6 Å². The van der Waals surface area contributed by atoms with Crippen LogP contribution in [0.4, 0.5) is 4.79 Å². The highest BCUT2D eigenvalue weighted by atomic mass is 16.5. The van der Waals surface area contributed by atoms with Crippen molar-refractivity contribution >= 4 is 12.0 Å². The molecule has 102 valence electrons. The van der Waals surface area contributed by atoms with Crippen LogP contribution in [-0.2, 0) is 9.53 Å². The Kier molecular flexibility index (Phi) is 5.60. The number of nitrogens with zero attached hydrogens (tertiary/aromatic N) is 2. The molecule has 1 unspecified atom stereocenters. The minimum absolute atomic E-state index is 0.0211. The number of hydrogen-bond donors (Lipinski definition) is 2. The summed E-state index contributed by atoms with van der Waals surface area (Å²) in [7, 11) is 0. The summed E-state index contributed by atoms with van der Waals surface area (Å²) >= 11 is 0. The molecular weight excluding hydrogens is 240 g/mol. The third kappa shape index (κ3) is 3.71. The number of morpholine rings is 1. The summed E-state index contributed by atoms with van der Waals surface area (Å²) in [4.78, 5) is 25.7. The summed E-state index contributed by atoms with van der Waals surface area (Å²) in [6.07, 6.45) is 0.574. The number of amides is 2. The van der Waals surface area contributed by atoms with Crippen LogP contribution in [0.15, 0.2) is 12.7 Å². The molecule has 1 aliphatic heterocycles. The Balaban J connectivity index is 2.63. The van der Waals surface area contributed by atoms with Crippen LogP contribution in [0.5, 0.6) is 0 Å². The normalized spacial score (nSPS) is 19.4. The van der Waals surface area contributed by atoms with Gasteiger partial charge in [0.15, 0.2) is 6.10 Å². The van der Waals surface area contributed by atoms with Crippen molar-refractivity contribution in [3.05, 3.63) is 12.7 Å². The lowest BCUT2D eigenvalue weighted by Crippen LogP contribution is -2.53. The minimum Gasteiger partial charge on any atom is -0.479 e. The molecule has 7 heteroatoms. The Morgan fingerprint density at radius 2 is 2.28 bits per heavy atom. The molecular formula is C11H18N2O5. The summed E-state index contributed by atoms with van der Waals surface area (Å²) in [5.41, 5.74) is 0. The van der Waals surface area contributed by atoms with Gasteiger partial charge >= 0.3 is 12.0 Å². The predicted octanol–water partition coefficient (Wildman–Crippen LogP) is -0.628. The number of carbonyl (C=O) groups is 2. The van der Waals surface area contributed by atoms with Crippen molar-refractivity contribution in [2.24, 2.45) is 0 Å². The van der Waals surface area contributed by atoms with Gasteiger partial charge in [0.25, 0.3) is 0 Å². The molecule has 0 aromatic rings. The predicted molar refractivity (Wildman–Crippen MR) is 63.2 cm³/mol. The van der Waals surface area contributed by atoms with E-state index in [1.165, 1.54) is 9.80 Å². The van der Waals surface area contributed by atoms with Crippen molar-refractivity contribution in [1.82, 2.24) is 9.80 Å². The SMILES string of the molecule is C=CCN(CCO)C(=O)N1CCOC(C(=O)O)C1. The molecule has 2 N–H and O–H groups in total. The van der Waals surface area contributed by atoms with Gasteiger partial charge < -0.3 is 24.7 Å². The third-order valence-corrected chi connectivity index (χ3v) is 2.60. The van der Waals surface area contributed by atoms with E-state index in [2.05, 4.69) is 6.58 Å². The molecule has 1 fully saturated rings. The average molecular weight is 258 g/mol. The molecule has 0 saturated carbocycles.